The molecule has 0 aliphatic rings. The van der Waals surface area contributed by atoms with Gasteiger partial charge >= 0.3 is 0 Å². The number of amides is 2. The molecule has 1 aromatic heterocycles. The van der Waals surface area contributed by atoms with Crippen LogP contribution < -0.4 is 10.6 Å². The first kappa shape index (κ1) is 17.2. The lowest BCUT2D eigenvalue weighted by atomic mass is 9.96. The van der Waals surface area contributed by atoms with E-state index < -0.39 is 5.41 Å². The van der Waals surface area contributed by atoms with Crippen LogP contribution >= 0.6 is 0 Å². The van der Waals surface area contributed by atoms with Gasteiger partial charge in [-0.25, -0.2) is 4.68 Å². The largest absolute Gasteiger partial charge is 0.355 e. The van der Waals surface area contributed by atoms with Crippen molar-refractivity contribution in [2.45, 2.75) is 47.6 Å². The standard InChI is InChI=1S/C15H26N4O2/c1-11(2)10-19-12(6-9-17-19)18-13(20)7-8-16-14(21)15(3,4)5/h6,9,11H,7-8,10H2,1-5H3,(H,16,21)(H,18,20). The van der Waals surface area contributed by atoms with Crippen molar-refractivity contribution in [3.63, 3.8) is 0 Å². The summed E-state index contributed by atoms with van der Waals surface area (Å²) < 4.78 is 1.77. The Balaban J connectivity index is 2.41. The Morgan fingerprint density at radius 2 is 2.00 bits per heavy atom. The number of carbonyl (C=O) groups is 2. The molecule has 0 bridgehead atoms. The second kappa shape index (κ2) is 7.24. The molecular weight excluding hydrogens is 268 g/mol. The van der Waals surface area contributed by atoms with Gasteiger partial charge in [-0.1, -0.05) is 34.6 Å². The van der Waals surface area contributed by atoms with E-state index in [0.717, 1.165) is 6.54 Å². The van der Waals surface area contributed by atoms with Crippen molar-refractivity contribution in [1.82, 2.24) is 15.1 Å². The summed E-state index contributed by atoms with van der Waals surface area (Å²) in [5.74, 6) is 0.956. The lowest BCUT2D eigenvalue weighted by Gasteiger charge is -2.17. The summed E-state index contributed by atoms with van der Waals surface area (Å²) >= 11 is 0. The van der Waals surface area contributed by atoms with Gasteiger partial charge in [0.15, 0.2) is 0 Å². The highest BCUT2D eigenvalue weighted by molar-refractivity contribution is 5.90. The second-order valence-corrected chi connectivity index (χ2v) is 6.60. The quantitative estimate of drug-likeness (QED) is 0.843. The number of carbonyl (C=O) groups excluding carboxylic acids is 2. The number of hydrogen-bond acceptors (Lipinski definition) is 3. The van der Waals surface area contributed by atoms with Crippen molar-refractivity contribution < 1.29 is 9.59 Å². The number of hydrogen-bond donors (Lipinski definition) is 2. The molecule has 21 heavy (non-hydrogen) atoms. The Bertz CT molecular complexity index is 486. The molecule has 6 nitrogen and oxygen atoms in total. The highest BCUT2D eigenvalue weighted by Crippen LogP contribution is 2.12. The van der Waals surface area contributed by atoms with Crippen LogP contribution in [-0.2, 0) is 16.1 Å². The molecule has 118 valence electrons. The van der Waals surface area contributed by atoms with E-state index in [0.29, 0.717) is 18.3 Å². The molecule has 0 aliphatic heterocycles. The van der Waals surface area contributed by atoms with Crippen LogP contribution in [0.5, 0.6) is 0 Å². The molecule has 0 saturated carbocycles. The summed E-state index contributed by atoms with van der Waals surface area (Å²) in [7, 11) is 0. The fourth-order valence-corrected chi connectivity index (χ4v) is 1.69. The van der Waals surface area contributed by atoms with E-state index in [2.05, 4.69) is 29.6 Å². The Morgan fingerprint density at radius 1 is 1.33 bits per heavy atom. The highest BCUT2D eigenvalue weighted by Gasteiger charge is 2.20. The van der Waals surface area contributed by atoms with Crippen LogP contribution in [0.2, 0.25) is 0 Å². The molecule has 2 N–H and O–H groups in total. The average molecular weight is 294 g/mol. The van der Waals surface area contributed by atoms with Gasteiger partial charge in [-0.05, 0) is 5.92 Å². The zero-order valence-corrected chi connectivity index (χ0v) is 13.6. The minimum Gasteiger partial charge on any atom is -0.355 e. The van der Waals surface area contributed by atoms with E-state index in [9.17, 15) is 9.59 Å². The maximum absolute atomic E-state index is 11.9. The van der Waals surface area contributed by atoms with Crippen LogP contribution in [-0.4, -0.2) is 28.1 Å². The first-order valence-electron chi connectivity index (χ1n) is 7.30. The molecular formula is C15H26N4O2. The first-order valence-corrected chi connectivity index (χ1v) is 7.30. The van der Waals surface area contributed by atoms with Crippen molar-refractivity contribution in [2.24, 2.45) is 11.3 Å². The molecule has 1 rings (SSSR count). The molecule has 0 radical (unpaired) electrons. The van der Waals surface area contributed by atoms with Gasteiger partial charge in [-0.15, -0.1) is 0 Å². The van der Waals surface area contributed by atoms with E-state index in [1.54, 1.807) is 16.9 Å². The topological polar surface area (TPSA) is 76.0 Å². The SMILES string of the molecule is CC(C)Cn1nccc1NC(=O)CCNC(=O)C(C)(C)C. The summed E-state index contributed by atoms with van der Waals surface area (Å²) in [5.41, 5.74) is -0.438. The zero-order chi connectivity index (χ0) is 16.0. The van der Waals surface area contributed by atoms with Gasteiger partial charge in [0.1, 0.15) is 5.82 Å². The van der Waals surface area contributed by atoms with E-state index in [1.807, 2.05) is 20.8 Å². The summed E-state index contributed by atoms with van der Waals surface area (Å²) in [6, 6.07) is 1.77. The summed E-state index contributed by atoms with van der Waals surface area (Å²) in [5, 5.41) is 9.76. The molecule has 0 spiro atoms. The first-order chi connectivity index (χ1) is 9.70. The lowest BCUT2D eigenvalue weighted by Crippen LogP contribution is -2.36. The normalized spacial score (nSPS) is 11.5. The van der Waals surface area contributed by atoms with Crippen LogP contribution in [0.25, 0.3) is 0 Å². The molecule has 0 fully saturated rings. The maximum atomic E-state index is 11.9. The van der Waals surface area contributed by atoms with Gasteiger partial charge in [-0.2, -0.15) is 5.10 Å². The predicted molar refractivity (Wildman–Crippen MR) is 82.8 cm³/mol. The van der Waals surface area contributed by atoms with Gasteiger partial charge in [0.2, 0.25) is 11.8 Å². The van der Waals surface area contributed by atoms with E-state index in [-0.39, 0.29) is 18.2 Å². The molecule has 0 aliphatic carbocycles. The zero-order valence-electron chi connectivity index (χ0n) is 13.6. The van der Waals surface area contributed by atoms with Crippen LogP contribution in [0.15, 0.2) is 12.3 Å². The highest BCUT2D eigenvalue weighted by atomic mass is 16.2. The third kappa shape index (κ3) is 5.97. The van der Waals surface area contributed by atoms with Crippen molar-refractivity contribution in [1.29, 1.82) is 0 Å². The second-order valence-electron chi connectivity index (χ2n) is 6.60. The van der Waals surface area contributed by atoms with Crippen molar-refractivity contribution >= 4 is 17.6 Å². The predicted octanol–water partition coefficient (Wildman–Crippen LogP) is 2.03. The Morgan fingerprint density at radius 3 is 2.57 bits per heavy atom. The summed E-state index contributed by atoms with van der Waals surface area (Å²) in [6.07, 6.45) is 1.91. The molecule has 1 heterocycles. The van der Waals surface area contributed by atoms with Gasteiger partial charge in [0, 0.05) is 31.0 Å². The number of anilines is 1. The van der Waals surface area contributed by atoms with Crippen molar-refractivity contribution in [2.75, 3.05) is 11.9 Å². The Hall–Kier alpha value is -1.85. The van der Waals surface area contributed by atoms with Crippen LogP contribution in [0.1, 0.15) is 41.0 Å². The van der Waals surface area contributed by atoms with Gasteiger partial charge < -0.3 is 10.6 Å². The number of nitrogens with zero attached hydrogens (tertiary/aromatic N) is 2. The van der Waals surface area contributed by atoms with E-state index in [1.165, 1.54) is 0 Å². The molecule has 1 aromatic rings. The van der Waals surface area contributed by atoms with Gasteiger partial charge in [-0.3, -0.25) is 9.59 Å². The molecule has 6 heteroatoms. The Kier molecular flexibility index (Phi) is 5.93. The minimum atomic E-state index is -0.438. The van der Waals surface area contributed by atoms with Crippen LogP contribution in [0.3, 0.4) is 0 Å². The number of aromatic nitrogens is 2. The van der Waals surface area contributed by atoms with Gasteiger partial charge in [0.05, 0.1) is 6.20 Å². The third-order valence-electron chi connectivity index (χ3n) is 2.84. The van der Waals surface area contributed by atoms with Gasteiger partial charge in [0.25, 0.3) is 0 Å². The molecule has 0 unspecified atom stereocenters. The molecule has 0 atom stereocenters. The van der Waals surface area contributed by atoms with E-state index >= 15 is 0 Å². The van der Waals surface area contributed by atoms with Crippen LogP contribution in [0.4, 0.5) is 5.82 Å². The number of nitrogens with one attached hydrogen (secondary N) is 2. The maximum Gasteiger partial charge on any atom is 0.227 e. The molecule has 2 amide bonds. The minimum absolute atomic E-state index is 0.0554. The average Bonchev–Trinajstić information content (AvgIpc) is 2.74. The van der Waals surface area contributed by atoms with Crippen molar-refractivity contribution in [3.8, 4) is 0 Å². The third-order valence-corrected chi connectivity index (χ3v) is 2.84. The smallest absolute Gasteiger partial charge is 0.227 e. The lowest BCUT2D eigenvalue weighted by molar-refractivity contribution is -0.128. The monoisotopic (exact) mass is 294 g/mol. The van der Waals surface area contributed by atoms with Crippen LogP contribution in [0, 0.1) is 11.3 Å². The van der Waals surface area contributed by atoms with E-state index in [4.69, 9.17) is 0 Å². The van der Waals surface area contributed by atoms with Crippen molar-refractivity contribution in [3.05, 3.63) is 12.3 Å². The molecule has 0 aromatic carbocycles. The Labute approximate surface area is 126 Å². The summed E-state index contributed by atoms with van der Waals surface area (Å²) in [4.78, 5) is 23.6. The molecule has 0 saturated heterocycles. The summed E-state index contributed by atoms with van der Waals surface area (Å²) in [6.45, 7) is 10.8. The fourth-order valence-electron chi connectivity index (χ4n) is 1.69. The fraction of sp³-hybridized carbons (Fsp3) is 0.667. The number of rotatable bonds is 6.